The lowest BCUT2D eigenvalue weighted by Gasteiger charge is -2.18. The van der Waals surface area contributed by atoms with Crippen LogP contribution in [0.3, 0.4) is 0 Å². The lowest BCUT2D eigenvalue weighted by Crippen LogP contribution is -2.40. The molecule has 4 N–H and O–H groups in total. The number of hydrogen-bond donors (Lipinski definition) is 4. The third-order valence-corrected chi connectivity index (χ3v) is 5.60. The molecule has 5 nitrogen and oxygen atoms in total. The molecule has 5 unspecified atom stereocenters. The van der Waals surface area contributed by atoms with Gasteiger partial charge in [0, 0.05) is 0 Å². The van der Waals surface area contributed by atoms with Gasteiger partial charge in [0.25, 0.3) is 0 Å². The standard InChI is InChI=1S/C17H34O5S/c1-2-3-4-5-6-7-8-9-10-11-23-17-15(21)14(20)16(22-17)13(19)12-18/h13-21H,2-12H2,1H3. The summed E-state index contributed by atoms with van der Waals surface area (Å²) in [5.74, 6) is 0.867. The summed E-state index contributed by atoms with van der Waals surface area (Å²) in [6.07, 6.45) is 7.22. The Hall–Kier alpha value is 0.150. The molecule has 0 amide bonds. The van der Waals surface area contributed by atoms with Crippen molar-refractivity contribution in [2.75, 3.05) is 12.4 Å². The number of aliphatic hydroxyl groups is 4. The van der Waals surface area contributed by atoms with Crippen molar-refractivity contribution in [2.45, 2.75) is 94.6 Å². The highest BCUT2D eigenvalue weighted by Gasteiger charge is 2.45. The quantitative estimate of drug-likeness (QED) is 0.380. The van der Waals surface area contributed by atoms with Crippen LogP contribution in [0.4, 0.5) is 0 Å². The Kier molecular flexibility index (Phi) is 11.5. The molecule has 1 heterocycles. The summed E-state index contributed by atoms with van der Waals surface area (Å²) in [5.41, 5.74) is -0.523. The van der Waals surface area contributed by atoms with Crippen LogP contribution in [0.1, 0.15) is 64.7 Å². The van der Waals surface area contributed by atoms with Gasteiger partial charge in [0.2, 0.25) is 0 Å². The van der Waals surface area contributed by atoms with E-state index in [-0.39, 0.29) is 0 Å². The van der Waals surface area contributed by atoms with Crippen molar-refractivity contribution >= 4 is 11.8 Å². The Labute approximate surface area is 144 Å². The van der Waals surface area contributed by atoms with E-state index >= 15 is 0 Å². The SMILES string of the molecule is CCCCCCCCCCCSC1OC(C(O)CO)C(O)C1O. The monoisotopic (exact) mass is 350 g/mol. The molecular formula is C17H34O5S. The second kappa shape index (κ2) is 12.5. The maximum absolute atomic E-state index is 9.93. The zero-order chi connectivity index (χ0) is 17.1. The normalized spacial score (nSPS) is 29.1. The van der Waals surface area contributed by atoms with Crippen LogP contribution < -0.4 is 0 Å². The van der Waals surface area contributed by atoms with Crippen LogP contribution in [0, 0.1) is 0 Å². The fraction of sp³-hybridized carbons (Fsp3) is 1.00. The summed E-state index contributed by atoms with van der Waals surface area (Å²) in [7, 11) is 0. The van der Waals surface area contributed by atoms with Gasteiger partial charge in [-0.2, -0.15) is 0 Å². The molecule has 23 heavy (non-hydrogen) atoms. The van der Waals surface area contributed by atoms with E-state index in [1.807, 2.05) is 0 Å². The van der Waals surface area contributed by atoms with Gasteiger partial charge in [0.05, 0.1) is 6.61 Å². The fourth-order valence-corrected chi connectivity index (χ4v) is 4.01. The van der Waals surface area contributed by atoms with E-state index in [1.54, 1.807) is 0 Å². The first-order valence-electron chi connectivity index (χ1n) is 9.04. The second-order valence-electron chi connectivity index (χ2n) is 6.40. The maximum atomic E-state index is 9.93. The highest BCUT2D eigenvalue weighted by Crippen LogP contribution is 2.31. The average molecular weight is 351 g/mol. The van der Waals surface area contributed by atoms with E-state index in [1.165, 1.54) is 63.1 Å². The minimum absolute atomic E-state index is 0.482. The molecule has 0 radical (unpaired) electrons. The van der Waals surface area contributed by atoms with Gasteiger partial charge in [-0.05, 0) is 12.2 Å². The Morgan fingerprint density at radius 1 is 0.913 bits per heavy atom. The van der Waals surface area contributed by atoms with Crippen LogP contribution >= 0.6 is 11.8 Å². The topological polar surface area (TPSA) is 90.2 Å². The zero-order valence-corrected chi connectivity index (χ0v) is 15.1. The van der Waals surface area contributed by atoms with Gasteiger partial charge in [0.15, 0.2) is 0 Å². The summed E-state index contributed by atoms with van der Waals surface area (Å²) in [6.45, 7) is 1.75. The van der Waals surface area contributed by atoms with E-state index in [2.05, 4.69) is 6.92 Å². The molecule has 0 spiro atoms. The van der Waals surface area contributed by atoms with Crippen molar-refractivity contribution in [1.82, 2.24) is 0 Å². The summed E-state index contributed by atoms with van der Waals surface area (Å²) in [5, 5.41) is 38.2. The van der Waals surface area contributed by atoms with Crippen LogP contribution in [0.15, 0.2) is 0 Å². The molecule has 0 aromatic rings. The van der Waals surface area contributed by atoms with E-state index < -0.39 is 36.5 Å². The molecule has 1 aliphatic rings. The first-order valence-corrected chi connectivity index (χ1v) is 10.1. The molecular weight excluding hydrogens is 316 g/mol. The molecule has 1 aliphatic heterocycles. The molecule has 1 rings (SSSR count). The van der Waals surface area contributed by atoms with E-state index in [9.17, 15) is 15.3 Å². The highest BCUT2D eigenvalue weighted by atomic mass is 32.2. The molecule has 0 saturated carbocycles. The highest BCUT2D eigenvalue weighted by molar-refractivity contribution is 7.99. The van der Waals surface area contributed by atoms with Crippen LogP contribution in [-0.2, 0) is 4.74 Å². The molecule has 0 aromatic heterocycles. The van der Waals surface area contributed by atoms with Gasteiger partial charge >= 0.3 is 0 Å². The van der Waals surface area contributed by atoms with Crippen LogP contribution in [0.2, 0.25) is 0 Å². The van der Waals surface area contributed by atoms with Gasteiger partial charge < -0.3 is 25.2 Å². The number of hydrogen-bond acceptors (Lipinski definition) is 6. The molecule has 138 valence electrons. The lowest BCUT2D eigenvalue weighted by molar-refractivity contribution is -0.0713. The van der Waals surface area contributed by atoms with Crippen LogP contribution in [-0.4, -0.2) is 62.6 Å². The van der Waals surface area contributed by atoms with E-state index in [0.717, 1.165) is 12.2 Å². The Bertz CT molecular complexity index is 292. The molecule has 0 aliphatic carbocycles. The zero-order valence-electron chi connectivity index (χ0n) is 14.3. The van der Waals surface area contributed by atoms with Gasteiger partial charge in [-0.15, -0.1) is 11.8 Å². The third kappa shape index (κ3) is 7.71. The predicted molar refractivity (Wildman–Crippen MR) is 93.5 cm³/mol. The van der Waals surface area contributed by atoms with Gasteiger partial charge in [0.1, 0.15) is 29.9 Å². The molecule has 1 fully saturated rings. The Balaban J connectivity index is 2.03. The van der Waals surface area contributed by atoms with Gasteiger partial charge in [-0.25, -0.2) is 0 Å². The number of thioether (sulfide) groups is 1. The molecule has 5 atom stereocenters. The minimum atomic E-state index is -1.15. The second-order valence-corrected chi connectivity index (χ2v) is 7.61. The molecule has 6 heteroatoms. The average Bonchev–Trinajstić information content (AvgIpc) is 2.84. The van der Waals surface area contributed by atoms with E-state index in [0.29, 0.717) is 0 Å². The summed E-state index contributed by atoms with van der Waals surface area (Å²) < 4.78 is 5.47. The number of aliphatic hydroxyl groups excluding tert-OH is 4. The number of unbranched alkanes of at least 4 members (excludes halogenated alkanes) is 8. The van der Waals surface area contributed by atoms with Gasteiger partial charge in [-0.1, -0.05) is 58.3 Å². The van der Waals surface area contributed by atoms with Crippen molar-refractivity contribution in [3.05, 3.63) is 0 Å². The van der Waals surface area contributed by atoms with Crippen LogP contribution in [0.5, 0.6) is 0 Å². The first kappa shape index (κ1) is 21.2. The first-order chi connectivity index (χ1) is 11.1. The summed E-state index contributed by atoms with van der Waals surface area (Å²) in [4.78, 5) is 0. The van der Waals surface area contributed by atoms with Crippen LogP contribution in [0.25, 0.3) is 0 Å². The largest absolute Gasteiger partial charge is 0.394 e. The van der Waals surface area contributed by atoms with Crippen molar-refractivity contribution in [3.63, 3.8) is 0 Å². The Morgan fingerprint density at radius 2 is 1.48 bits per heavy atom. The number of ether oxygens (including phenoxy) is 1. The molecule has 0 bridgehead atoms. The van der Waals surface area contributed by atoms with Crippen molar-refractivity contribution in [1.29, 1.82) is 0 Å². The fourth-order valence-electron chi connectivity index (χ4n) is 2.84. The Morgan fingerprint density at radius 3 is 2.04 bits per heavy atom. The predicted octanol–water partition coefficient (Wildman–Crippen LogP) is 2.05. The maximum Gasteiger partial charge on any atom is 0.132 e. The van der Waals surface area contributed by atoms with E-state index in [4.69, 9.17) is 9.84 Å². The lowest BCUT2D eigenvalue weighted by atomic mass is 10.1. The third-order valence-electron chi connectivity index (χ3n) is 4.35. The molecule has 0 aromatic carbocycles. The van der Waals surface area contributed by atoms with Crippen molar-refractivity contribution in [3.8, 4) is 0 Å². The number of rotatable bonds is 13. The van der Waals surface area contributed by atoms with Crippen molar-refractivity contribution < 1.29 is 25.2 Å². The summed E-state index contributed by atoms with van der Waals surface area (Å²) in [6, 6.07) is 0. The van der Waals surface area contributed by atoms with Crippen molar-refractivity contribution in [2.24, 2.45) is 0 Å². The smallest absolute Gasteiger partial charge is 0.132 e. The molecule has 1 saturated heterocycles. The minimum Gasteiger partial charge on any atom is -0.394 e. The van der Waals surface area contributed by atoms with Gasteiger partial charge in [-0.3, -0.25) is 0 Å². The summed E-state index contributed by atoms with van der Waals surface area (Å²) >= 11 is 1.48.